The van der Waals surface area contributed by atoms with Crippen LogP contribution in [-0.4, -0.2) is 32.3 Å². The SMILES string of the molecule is CCOC(=O)c1cnn(-c2ncc[nH]c2=O)c1. The molecule has 2 aromatic heterocycles. The monoisotopic (exact) mass is 234 g/mol. The molecule has 0 saturated carbocycles. The van der Waals surface area contributed by atoms with E-state index in [1.54, 1.807) is 6.92 Å². The molecule has 0 aliphatic carbocycles. The number of hydrogen-bond donors (Lipinski definition) is 1. The Bertz CT molecular complexity index is 587. The highest BCUT2D eigenvalue weighted by Crippen LogP contribution is 2.03. The summed E-state index contributed by atoms with van der Waals surface area (Å²) in [6.07, 6.45) is 5.58. The van der Waals surface area contributed by atoms with Crippen LogP contribution in [0, 0.1) is 0 Å². The fourth-order valence-electron chi connectivity index (χ4n) is 1.27. The van der Waals surface area contributed by atoms with Gasteiger partial charge in [0.1, 0.15) is 0 Å². The Morgan fingerprint density at radius 2 is 2.41 bits per heavy atom. The first kappa shape index (κ1) is 11.1. The van der Waals surface area contributed by atoms with Crippen LogP contribution in [0.1, 0.15) is 17.3 Å². The van der Waals surface area contributed by atoms with Crippen LogP contribution in [0.15, 0.2) is 29.6 Å². The first-order valence-corrected chi connectivity index (χ1v) is 4.98. The summed E-state index contributed by atoms with van der Waals surface area (Å²) in [4.78, 5) is 29.2. The van der Waals surface area contributed by atoms with Crippen LogP contribution in [0.2, 0.25) is 0 Å². The maximum absolute atomic E-state index is 11.4. The van der Waals surface area contributed by atoms with Crippen molar-refractivity contribution in [1.29, 1.82) is 0 Å². The summed E-state index contributed by atoms with van der Waals surface area (Å²) in [5.74, 6) is -0.380. The molecule has 2 rings (SSSR count). The van der Waals surface area contributed by atoms with Crippen molar-refractivity contribution in [2.24, 2.45) is 0 Å². The highest BCUT2D eigenvalue weighted by Gasteiger charge is 2.11. The van der Waals surface area contributed by atoms with Gasteiger partial charge in [0.25, 0.3) is 5.56 Å². The number of ether oxygens (including phenoxy) is 1. The molecule has 0 fully saturated rings. The Hall–Kier alpha value is -2.44. The van der Waals surface area contributed by atoms with Gasteiger partial charge >= 0.3 is 5.97 Å². The average molecular weight is 234 g/mol. The third-order valence-electron chi connectivity index (χ3n) is 2.00. The van der Waals surface area contributed by atoms with E-state index in [4.69, 9.17) is 4.74 Å². The van der Waals surface area contributed by atoms with Crippen LogP contribution in [0.25, 0.3) is 5.82 Å². The molecule has 0 spiro atoms. The molecule has 0 aromatic carbocycles. The van der Waals surface area contributed by atoms with Gasteiger partial charge < -0.3 is 9.72 Å². The van der Waals surface area contributed by atoms with E-state index in [9.17, 15) is 9.59 Å². The third-order valence-corrected chi connectivity index (χ3v) is 2.00. The molecular weight excluding hydrogens is 224 g/mol. The molecule has 7 heteroatoms. The molecule has 88 valence electrons. The quantitative estimate of drug-likeness (QED) is 0.762. The van der Waals surface area contributed by atoms with Gasteiger partial charge in [0.15, 0.2) is 0 Å². The van der Waals surface area contributed by atoms with Crippen LogP contribution < -0.4 is 5.56 Å². The number of H-pyrrole nitrogens is 1. The average Bonchev–Trinajstić information content (AvgIpc) is 2.79. The van der Waals surface area contributed by atoms with Crippen LogP contribution in [0.3, 0.4) is 0 Å². The zero-order valence-corrected chi connectivity index (χ0v) is 9.08. The first-order valence-electron chi connectivity index (χ1n) is 4.98. The van der Waals surface area contributed by atoms with Crippen LogP contribution in [0.5, 0.6) is 0 Å². The van der Waals surface area contributed by atoms with E-state index in [1.165, 1.54) is 29.5 Å². The predicted molar refractivity (Wildman–Crippen MR) is 57.9 cm³/mol. The minimum atomic E-state index is -0.480. The third kappa shape index (κ3) is 2.22. The molecule has 17 heavy (non-hydrogen) atoms. The largest absolute Gasteiger partial charge is 0.462 e. The highest BCUT2D eigenvalue weighted by molar-refractivity contribution is 5.88. The summed E-state index contributed by atoms with van der Waals surface area (Å²) < 4.78 is 6.04. The Balaban J connectivity index is 2.34. The summed E-state index contributed by atoms with van der Waals surface area (Å²) in [5.41, 5.74) is -0.108. The Morgan fingerprint density at radius 1 is 1.59 bits per heavy atom. The van der Waals surface area contributed by atoms with E-state index in [0.29, 0.717) is 0 Å². The van der Waals surface area contributed by atoms with Gasteiger partial charge in [-0.15, -0.1) is 0 Å². The molecular formula is C10H10N4O3. The number of nitrogens with zero attached hydrogens (tertiary/aromatic N) is 3. The maximum Gasteiger partial charge on any atom is 0.341 e. The van der Waals surface area contributed by atoms with E-state index in [-0.39, 0.29) is 23.5 Å². The van der Waals surface area contributed by atoms with Crippen molar-refractivity contribution in [3.05, 3.63) is 40.7 Å². The molecule has 0 aliphatic rings. The Kier molecular flexibility index (Phi) is 2.99. The lowest BCUT2D eigenvalue weighted by Gasteiger charge is -1.97. The van der Waals surface area contributed by atoms with Gasteiger partial charge in [0, 0.05) is 18.6 Å². The van der Waals surface area contributed by atoms with Crippen LogP contribution in [0.4, 0.5) is 0 Å². The lowest BCUT2D eigenvalue weighted by molar-refractivity contribution is 0.0526. The van der Waals surface area contributed by atoms with Gasteiger partial charge in [-0.1, -0.05) is 0 Å². The normalized spacial score (nSPS) is 10.2. The predicted octanol–water partition coefficient (Wildman–Crippen LogP) is 0.132. The van der Waals surface area contributed by atoms with Crippen molar-refractivity contribution in [1.82, 2.24) is 19.7 Å². The second-order valence-corrected chi connectivity index (χ2v) is 3.14. The maximum atomic E-state index is 11.4. The second-order valence-electron chi connectivity index (χ2n) is 3.14. The summed E-state index contributed by atoms with van der Waals surface area (Å²) in [6.45, 7) is 2.00. The molecule has 2 aromatic rings. The number of carbonyl (C=O) groups is 1. The number of aromatic amines is 1. The number of nitrogens with one attached hydrogen (secondary N) is 1. The van der Waals surface area contributed by atoms with Crippen molar-refractivity contribution < 1.29 is 9.53 Å². The summed E-state index contributed by atoms with van der Waals surface area (Å²) in [5, 5.41) is 3.88. The molecule has 0 amide bonds. The summed E-state index contributed by atoms with van der Waals surface area (Å²) in [6, 6.07) is 0. The smallest absolute Gasteiger partial charge is 0.341 e. The highest BCUT2D eigenvalue weighted by atomic mass is 16.5. The number of aromatic nitrogens is 4. The van der Waals surface area contributed by atoms with E-state index >= 15 is 0 Å². The minimum absolute atomic E-state index is 0.100. The zero-order valence-electron chi connectivity index (χ0n) is 9.08. The topological polar surface area (TPSA) is 89.9 Å². The second kappa shape index (κ2) is 4.60. The van der Waals surface area contributed by atoms with Gasteiger partial charge in [-0.3, -0.25) is 4.79 Å². The van der Waals surface area contributed by atoms with Crippen molar-refractivity contribution in [3.63, 3.8) is 0 Å². The van der Waals surface area contributed by atoms with Gasteiger partial charge in [-0.25, -0.2) is 14.5 Å². The number of esters is 1. The molecule has 7 nitrogen and oxygen atoms in total. The fraction of sp³-hybridized carbons (Fsp3) is 0.200. The van der Waals surface area contributed by atoms with Crippen molar-refractivity contribution >= 4 is 5.97 Å². The first-order chi connectivity index (χ1) is 8.22. The molecule has 0 radical (unpaired) electrons. The molecule has 0 atom stereocenters. The van der Waals surface area contributed by atoms with E-state index < -0.39 is 5.97 Å². The summed E-state index contributed by atoms with van der Waals surface area (Å²) in [7, 11) is 0. The van der Waals surface area contributed by atoms with E-state index in [0.717, 1.165) is 0 Å². The fourth-order valence-corrected chi connectivity index (χ4v) is 1.27. The molecule has 2 heterocycles. The van der Waals surface area contributed by atoms with E-state index in [2.05, 4.69) is 15.1 Å². The van der Waals surface area contributed by atoms with Crippen LogP contribution >= 0.6 is 0 Å². The number of rotatable bonds is 3. The van der Waals surface area contributed by atoms with Gasteiger partial charge in [0.2, 0.25) is 5.82 Å². The zero-order chi connectivity index (χ0) is 12.3. The lowest BCUT2D eigenvalue weighted by Crippen LogP contribution is -2.16. The number of carbonyl (C=O) groups excluding carboxylic acids is 1. The minimum Gasteiger partial charge on any atom is -0.462 e. The molecule has 0 bridgehead atoms. The summed E-state index contributed by atoms with van der Waals surface area (Å²) >= 11 is 0. The standard InChI is InChI=1S/C10H10N4O3/c1-2-17-10(16)7-5-13-14(6-7)8-9(15)12-4-3-11-8/h3-6H,2H2,1H3,(H,12,15). The Morgan fingerprint density at radius 3 is 3.12 bits per heavy atom. The molecule has 0 unspecified atom stereocenters. The van der Waals surface area contributed by atoms with E-state index in [1.807, 2.05) is 0 Å². The van der Waals surface area contributed by atoms with Gasteiger partial charge in [-0.05, 0) is 6.92 Å². The number of hydrogen-bond acceptors (Lipinski definition) is 5. The lowest BCUT2D eigenvalue weighted by atomic mass is 10.4. The molecule has 1 N–H and O–H groups in total. The van der Waals surface area contributed by atoms with Gasteiger partial charge in [0.05, 0.1) is 18.4 Å². The Labute approximate surface area is 96.1 Å². The van der Waals surface area contributed by atoms with Crippen molar-refractivity contribution in [2.75, 3.05) is 6.61 Å². The van der Waals surface area contributed by atoms with Gasteiger partial charge in [-0.2, -0.15) is 5.10 Å². The van der Waals surface area contributed by atoms with Crippen LogP contribution in [-0.2, 0) is 4.74 Å². The molecule has 0 aliphatic heterocycles. The molecule has 0 saturated heterocycles. The van der Waals surface area contributed by atoms with Crippen molar-refractivity contribution in [3.8, 4) is 5.82 Å². The van der Waals surface area contributed by atoms with Crippen molar-refractivity contribution in [2.45, 2.75) is 6.92 Å².